The lowest BCUT2D eigenvalue weighted by atomic mass is 9.90. The van der Waals surface area contributed by atoms with E-state index in [0.717, 1.165) is 10.6 Å². The number of β-lactam (4-membered cyclic amide) rings is 1. The third-order valence-corrected chi connectivity index (χ3v) is 3.58. The highest BCUT2D eigenvalue weighted by Crippen LogP contribution is 2.32. The van der Waals surface area contributed by atoms with Gasteiger partial charge in [0.1, 0.15) is 11.7 Å². The van der Waals surface area contributed by atoms with Gasteiger partial charge in [-0.3, -0.25) is 4.79 Å². The van der Waals surface area contributed by atoms with Gasteiger partial charge in [0.25, 0.3) is 12.0 Å². The van der Waals surface area contributed by atoms with Crippen molar-refractivity contribution in [1.82, 2.24) is 5.01 Å². The molecule has 3 rings (SSSR count). The Morgan fingerprint density at radius 3 is 2.32 bits per heavy atom. The van der Waals surface area contributed by atoms with E-state index in [1.54, 1.807) is 12.1 Å². The number of hydrazone groups is 1. The van der Waals surface area contributed by atoms with Crippen molar-refractivity contribution in [3.63, 3.8) is 0 Å². The maximum Gasteiger partial charge on any atom is 0.258 e. The van der Waals surface area contributed by atoms with Crippen molar-refractivity contribution in [1.29, 1.82) is 0 Å². The summed E-state index contributed by atoms with van der Waals surface area (Å²) >= 11 is 0. The van der Waals surface area contributed by atoms with Crippen LogP contribution in [0.3, 0.4) is 0 Å². The fraction of sp³-hybridized carbons (Fsp3) is 0.176. The number of amides is 1. The standard InChI is InChI=1S/C17H14N2O3/c20-12-18-19-16(21)15(11-13-7-3-1-4-8-13)17(19)22-14-9-5-2-6-10-14/h1-10,15,17H,11H2. The van der Waals surface area contributed by atoms with Crippen LogP contribution in [0.2, 0.25) is 0 Å². The number of carbonyl (C=O) groups excluding carboxylic acids is 2. The van der Waals surface area contributed by atoms with Crippen LogP contribution in [0.4, 0.5) is 0 Å². The van der Waals surface area contributed by atoms with Crippen LogP contribution in [-0.2, 0) is 16.0 Å². The molecule has 2 atom stereocenters. The number of hydrogen-bond acceptors (Lipinski definition) is 4. The number of rotatable bonds is 5. The van der Waals surface area contributed by atoms with E-state index in [1.807, 2.05) is 48.5 Å². The summed E-state index contributed by atoms with van der Waals surface area (Å²) in [4.78, 5) is 22.6. The Morgan fingerprint density at radius 1 is 1.05 bits per heavy atom. The van der Waals surface area contributed by atoms with Gasteiger partial charge in [-0.1, -0.05) is 53.6 Å². The summed E-state index contributed by atoms with van der Waals surface area (Å²) in [5, 5.41) is 4.48. The summed E-state index contributed by atoms with van der Waals surface area (Å²) in [5.74, 6) is 0.0389. The van der Waals surface area contributed by atoms with Crippen molar-refractivity contribution >= 4 is 12.0 Å². The van der Waals surface area contributed by atoms with E-state index >= 15 is 0 Å². The second kappa shape index (κ2) is 6.24. The van der Waals surface area contributed by atoms with Gasteiger partial charge in [0.05, 0.1) is 0 Å². The van der Waals surface area contributed by atoms with Crippen LogP contribution in [0.25, 0.3) is 0 Å². The summed E-state index contributed by atoms with van der Waals surface area (Å²) in [6.45, 7) is 0. The number of hydrogen-bond donors (Lipinski definition) is 0. The van der Waals surface area contributed by atoms with Crippen LogP contribution in [0.5, 0.6) is 5.75 Å². The van der Waals surface area contributed by atoms with E-state index in [1.165, 1.54) is 6.08 Å². The summed E-state index contributed by atoms with van der Waals surface area (Å²) in [6, 6.07) is 18.8. The molecule has 0 aliphatic carbocycles. The number of nitrogens with zero attached hydrogens (tertiary/aromatic N) is 2. The highest BCUT2D eigenvalue weighted by atomic mass is 16.5. The third-order valence-electron chi connectivity index (χ3n) is 3.58. The Bertz CT molecular complexity index is 696. The van der Waals surface area contributed by atoms with Gasteiger partial charge in [-0.15, -0.1) is 0 Å². The highest BCUT2D eigenvalue weighted by molar-refractivity contribution is 5.86. The average Bonchev–Trinajstić information content (AvgIpc) is 2.58. The first kappa shape index (κ1) is 14.0. The lowest BCUT2D eigenvalue weighted by molar-refractivity contribution is -0.176. The number of ether oxygens (including phenoxy) is 1. The molecule has 5 heteroatoms. The predicted octanol–water partition coefficient (Wildman–Crippen LogP) is 2.34. The minimum atomic E-state index is -0.587. The van der Waals surface area contributed by atoms with Crippen LogP contribution in [0.1, 0.15) is 5.56 Å². The number of benzene rings is 2. The molecule has 2 aromatic rings. The molecular formula is C17H14N2O3. The fourth-order valence-corrected chi connectivity index (χ4v) is 2.48. The summed E-state index contributed by atoms with van der Waals surface area (Å²) < 4.78 is 5.80. The van der Waals surface area contributed by atoms with Crippen molar-refractivity contribution in [2.24, 2.45) is 11.0 Å². The molecule has 0 N–H and O–H groups in total. The maximum atomic E-state index is 12.1. The quantitative estimate of drug-likeness (QED) is 0.483. The molecular weight excluding hydrogens is 280 g/mol. The van der Waals surface area contributed by atoms with Crippen LogP contribution in [-0.4, -0.2) is 23.2 Å². The smallest absolute Gasteiger partial charge is 0.258 e. The molecule has 22 heavy (non-hydrogen) atoms. The molecule has 1 amide bonds. The highest BCUT2D eigenvalue weighted by Gasteiger charge is 2.50. The first-order valence-electron chi connectivity index (χ1n) is 6.96. The molecule has 0 spiro atoms. The normalized spacial score (nSPS) is 20.0. The maximum absolute atomic E-state index is 12.1. The molecule has 0 radical (unpaired) electrons. The molecule has 2 unspecified atom stereocenters. The van der Waals surface area contributed by atoms with Gasteiger partial charge in [0.15, 0.2) is 0 Å². The molecule has 2 aromatic carbocycles. The van der Waals surface area contributed by atoms with E-state index in [2.05, 4.69) is 5.10 Å². The molecule has 1 saturated heterocycles. The summed E-state index contributed by atoms with van der Waals surface area (Å²) in [6.07, 6.45) is 1.36. The Hall–Kier alpha value is -2.91. The topological polar surface area (TPSA) is 59.0 Å². The molecule has 0 saturated carbocycles. The van der Waals surface area contributed by atoms with E-state index in [0.29, 0.717) is 12.2 Å². The Kier molecular flexibility index (Phi) is 3.99. The van der Waals surface area contributed by atoms with Gasteiger partial charge in [-0.25, -0.2) is 4.79 Å². The first-order valence-corrected chi connectivity index (χ1v) is 6.96. The second-order valence-electron chi connectivity index (χ2n) is 4.99. The lowest BCUT2D eigenvalue weighted by Crippen LogP contribution is -2.61. The lowest BCUT2D eigenvalue weighted by Gasteiger charge is -2.42. The predicted molar refractivity (Wildman–Crippen MR) is 79.5 cm³/mol. The zero-order valence-electron chi connectivity index (χ0n) is 11.8. The van der Waals surface area contributed by atoms with Crippen molar-refractivity contribution in [3.8, 4) is 5.75 Å². The van der Waals surface area contributed by atoms with Gasteiger partial charge in [-0.05, 0) is 24.1 Å². The largest absolute Gasteiger partial charge is 0.468 e. The number of carbonyl (C=O) groups is 1. The fourth-order valence-electron chi connectivity index (χ4n) is 2.48. The minimum absolute atomic E-state index is 0.229. The average molecular weight is 294 g/mol. The van der Waals surface area contributed by atoms with Crippen LogP contribution in [0, 0.1) is 5.92 Å². The molecule has 0 aromatic heterocycles. The van der Waals surface area contributed by atoms with Gasteiger partial charge >= 0.3 is 0 Å². The third kappa shape index (κ3) is 2.75. The molecule has 1 aliphatic rings. The van der Waals surface area contributed by atoms with Crippen molar-refractivity contribution in [2.45, 2.75) is 12.6 Å². The SMILES string of the molecule is O=C=NN1C(=O)C(Cc2ccccc2)C1Oc1ccccc1. The van der Waals surface area contributed by atoms with E-state index in [4.69, 9.17) is 4.74 Å². The molecule has 5 nitrogen and oxygen atoms in total. The Labute approximate surface area is 127 Å². The van der Waals surface area contributed by atoms with Gasteiger partial charge in [-0.2, -0.15) is 5.01 Å². The van der Waals surface area contributed by atoms with E-state index in [9.17, 15) is 9.59 Å². The minimum Gasteiger partial charge on any atom is -0.468 e. The van der Waals surface area contributed by atoms with Gasteiger partial charge in [0.2, 0.25) is 6.23 Å². The second-order valence-corrected chi connectivity index (χ2v) is 4.99. The Balaban J connectivity index is 1.78. The van der Waals surface area contributed by atoms with E-state index in [-0.39, 0.29) is 11.8 Å². The molecule has 0 bridgehead atoms. The van der Waals surface area contributed by atoms with E-state index < -0.39 is 6.23 Å². The number of isocyanates is 1. The summed E-state index contributed by atoms with van der Waals surface area (Å²) in [7, 11) is 0. The number of para-hydroxylation sites is 1. The van der Waals surface area contributed by atoms with Gasteiger partial charge in [0, 0.05) is 0 Å². The molecule has 1 aliphatic heterocycles. The van der Waals surface area contributed by atoms with Crippen LogP contribution >= 0.6 is 0 Å². The van der Waals surface area contributed by atoms with Crippen LogP contribution < -0.4 is 4.74 Å². The van der Waals surface area contributed by atoms with Crippen molar-refractivity contribution in [2.75, 3.05) is 0 Å². The molecule has 1 heterocycles. The van der Waals surface area contributed by atoms with Crippen molar-refractivity contribution < 1.29 is 14.3 Å². The summed E-state index contributed by atoms with van der Waals surface area (Å²) in [5.41, 5.74) is 1.04. The monoisotopic (exact) mass is 294 g/mol. The van der Waals surface area contributed by atoms with Crippen LogP contribution in [0.15, 0.2) is 65.8 Å². The van der Waals surface area contributed by atoms with Crippen molar-refractivity contribution in [3.05, 3.63) is 66.2 Å². The zero-order valence-corrected chi connectivity index (χ0v) is 11.8. The first-order chi connectivity index (χ1) is 10.8. The molecule has 1 fully saturated rings. The van der Waals surface area contributed by atoms with Gasteiger partial charge < -0.3 is 4.74 Å². The Morgan fingerprint density at radius 2 is 1.68 bits per heavy atom. The zero-order chi connectivity index (χ0) is 15.4. The molecule has 110 valence electrons.